The third-order valence-corrected chi connectivity index (χ3v) is 5.22. The van der Waals surface area contributed by atoms with Crippen molar-refractivity contribution in [2.24, 2.45) is 0 Å². The van der Waals surface area contributed by atoms with Gasteiger partial charge in [-0.15, -0.1) is 0 Å². The number of rotatable bonds is 5. The van der Waals surface area contributed by atoms with Crippen molar-refractivity contribution in [1.82, 2.24) is 15.1 Å². The lowest BCUT2D eigenvalue weighted by atomic mass is 10.1. The molecule has 0 saturated carbocycles. The van der Waals surface area contributed by atoms with Gasteiger partial charge in [-0.05, 0) is 51.1 Å². The second kappa shape index (κ2) is 7.47. The Morgan fingerprint density at radius 3 is 2.62 bits per heavy atom. The number of aromatic nitrogens is 2. The topological polar surface area (TPSA) is 69.3 Å². The number of furan rings is 1. The summed E-state index contributed by atoms with van der Waals surface area (Å²) in [4.78, 5) is 12.8. The molecular formula is C23H23N3O3. The predicted octanol–water partition coefficient (Wildman–Crippen LogP) is 4.48. The number of carbonyl (C=O) groups is 1. The summed E-state index contributed by atoms with van der Waals surface area (Å²) in [5.41, 5.74) is 5.34. The molecule has 29 heavy (non-hydrogen) atoms. The maximum absolute atomic E-state index is 12.8. The zero-order valence-electron chi connectivity index (χ0n) is 16.9. The Hall–Kier alpha value is -3.54. The highest BCUT2D eigenvalue weighted by molar-refractivity contribution is 5.99. The molecule has 0 fully saturated rings. The zero-order valence-corrected chi connectivity index (χ0v) is 16.9. The van der Waals surface area contributed by atoms with Gasteiger partial charge in [0.15, 0.2) is 5.76 Å². The van der Waals surface area contributed by atoms with Gasteiger partial charge in [-0.2, -0.15) is 5.10 Å². The van der Waals surface area contributed by atoms with E-state index in [9.17, 15) is 4.79 Å². The zero-order chi connectivity index (χ0) is 20.5. The highest BCUT2D eigenvalue weighted by atomic mass is 16.5. The van der Waals surface area contributed by atoms with E-state index in [1.807, 2.05) is 74.0 Å². The second-order valence-electron chi connectivity index (χ2n) is 7.00. The van der Waals surface area contributed by atoms with Gasteiger partial charge < -0.3 is 14.5 Å². The standard InChI is InChI=1S/C23H23N3O3/c1-14-19-12-18(28-4)10-11-21(19)29-22(14)23(27)24-13-20-15(2)25-26(16(20)3)17-8-6-5-7-9-17/h5-12H,13H2,1-4H3,(H,24,27). The molecule has 4 aromatic rings. The van der Waals surface area contributed by atoms with Crippen molar-refractivity contribution >= 4 is 16.9 Å². The van der Waals surface area contributed by atoms with Crippen LogP contribution < -0.4 is 10.1 Å². The molecule has 0 radical (unpaired) electrons. The molecule has 0 spiro atoms. The lowest BCUT2D eigenvalue weighted by Gasteiger charge is -2.06. The number of hydrogen-bond donors (Lipinski definition) is 1. The number of nitrogens with one attached hydrogen (secondary N) is 1. The summed E-state index contributed by atoms with van der Waals surface area (Å²) in [6.45, 7) is 6.22. The fourth-order valence-corrected chi connectivity index (χ4v) is 3.54. The van der Waals surface area contributed by atoms with E-state index in [1.54, 1.807) is 7.11 Å². The summed E-state index contributed by atoms with van der Waals surface area (Å²) >= 11 is 0. The molecule has 1 N–H and O–H groups in total. The van der Waals surface area contributed by atoms with Gasteiger partial charge in [0.1, 0.15) is 11.3 Å². The SMILES string of the molecule is COc1ccc2oc(C(=O)NCc3c(C)nn(-c4ccccc4)c3C)c(C)c2c1. The van der Waals surface area contributed by atoms with Gasteiger partial charge in [0.25, 0.3) is 5.91 Å². The molecule has 2 heterocycles. The number of amides is 1. The molecule has 2 aromatic heterocycles. The Balaban J connectivity index is 1.57. The van der Waals surface area contributed by atoms with Crippen molar-refractivity contribution in [2.75, 3.05) is 7.11 Å². The van der Waals surface area contributed by atoms with Crippen LogP contribution in [0.2, 0.25) is 0 Å². The maximum atomic E-state index is 12.8. The number of nitrogens with zero attached hydrogens (tertiary/aromatic N) is 2. The molecule has 0 aliphatic rings. The van der Waals surface area contributed by atoms with E-state index in [1.165, 1.54) is 0 Å². The van der Waals surface area contributed by atoms with Crippen molar-refractivity contribution in [3.8, 4) is 11.4 Å². The Labute approximate surface area is 169 Å². The average molecular weight is 389 g/mol. The van der Waals surface area contributed by atoms with E-state index < -0.39 is 0 Å². The molecule has 0 saturated heterocycles. The third-order valence-electron chi connectivity index (χ3n) is 5.22. The normalized spacial score (nSPS) is 11.0. The highest BCUT2D eigenvalue weighted by Crippen LogP contribution is 2.29. The van der Waals surface area contributed by atoms with Gasteiger partial charge >= 0.3 is 0 Å². The van der Waals surface area contributed by atoms with Crippen LogP contribution in [0.15, 0.2) is 52.9 Å². The van der Waals surface area contributed by atoms with Crippen molar-refractivity contribution < 1.29 is 13.9 Å². The van der Waals surface area contributed by atoms with E-state index in [2.05, 4.69) is 10.4 Å². The van der Waals surface area contributed by atoms with E-state index >= 15 is 0 Å². The molecule has 6 heteroatoms. The summed E-state index contributed by atoms with van der Waals surface area (Å²) < 4.78 is 13.0. The van der Waals surface area contributed by atoms with E-state index in [0.29, 0.717) is 17.9 Å². The number of benzene rings is 2. The summed E-state index contributed by atoms with van der Waals surface area (Å²) in [6.07, 6.45) is 0. The monoisotopic (exact) mass is 389 g/mol. The summed E-state index contributed by atoms with van der Waals surface area (Å²) in [5, 5.41) is 8.48. The first-order valence-electron chi connectivity index (χ1n) is 9.45. The van der Waals surface area contributed by atoms with E-state index in [0.717, 1.165) is 39.3 Å². The number of fused-ring (bicyclic) bond motifs is 1. The molecule has 6 nitrogen and oxygen atoms in total. The Bertz CT molecular complexity index is 1190. The quantitative estimate of drug-likeness (QED) is 0.546. The predicted molar refractivity (Wildman–Crippen MR) is 112 cm³/mol. The van der Waals surface area contributed by atoms with Gasteiger partial charge in [-0.25, -0.2) is 4.68 Å². The molecule has 0 unspecified atom stereocenters. The number of ether oxygens (including phenoxy) is 1. The van der Waals surface area contributed by atoms with Crippen LogP contribution in [0.1, 0.15) is 33.1 Å². The molecule has 2 aromatic carbocycles. The summed E-state index contributed by atoms with van der Waals surface area (Å²) in [5.74, 6) is 0.802. The number of carbonyl (C=O) groups excluding carboxylic acids is 1. The molecule has 148 valence electrons. The maximum Gasteiger partial charge on any atom is 0.287 e. The number of aryl methyl sites for hydroxylation is 2. The van der Waals surface area contributed by atoms with Crippen LogP contribution in [0.3, 0.4) is 0 Å². The average Bonchev–Trinajstić information content (AvgIpc) is 3.22. The molecule has 1 amide bonds. The minimum Gasteiger partial charge on any atom is -0.497 e. The number of hydrogen-bond acceptors (Lipinski definition) is 4. The number of para-hydroxylation sites is 1. The molecular weight excluding hydrogens is 366 g/mol. The first-order chi connectivity index (χ1) is 14.0. The smallest absolute Gasteiger partial charge is 0.287 e. The van der Waals surface area contributed by atoms with Crippen LogP contribution in [0.5, 0.6) is 5.75 Å². The molecule has 0 bridgehead atoms. The van der Waals surface area contributed by atoms with Crippen molar-refractivity contribution in [2.45, 2.75) is 27.3 Å². The summed E-state index contributed by atoms with van der Waals surface area (Å²) in [6, 6.07) is 15.5. The second-order valence-corrected chi connectivity index (χ2v) is 7.00. The van der Waals surface area contributed by atoms with Crippen LogP contribution in [-0.2, 0) is 6.54 Å². The molecule has 0 aliphatic heterocycles. The van der Waals surface area contributed by atoms with Gasteiger partial charge in [0.05, 0.1) is 18.5 Å². The van der Waals surface area contributed by atoms with Crippen LogP contribution >= 0.6 is 0 Å². The fourth-order valence-electron chi connectivity index (χ4n) is 3.54. The lowest BCUT2D eigenvalue weighted by molar-refractivity contribution is 0.0924. The highest BCUT2D eigenvalue weighted by Gasteiger charge is 2.19. The van der Waals surface area contributed by atoms with Crippen molar-refractivity contribution in [1.29, 1.82) is 0 Å². The Morgan fingerprint density at radius 1 is 1.14 bits per heavy atom. The lowest BCUT2D eigenvalue weighted by Crippen LogP contribution is -2.23. The van der Waals surface area contributed by atoms with E-state index in [4.69, 9.17) is 9.15 Å². The van der Waals surface area contributed by atoms with Gasteiger partial charge in [0, 0.05) is 28.8 Å². The van der Waals surface area contributed by atoms with Gasteiger partial charge in [-0.3, -0.25) is 4.79 Å². The Kier molecular flexibility index (Phi) is 4.84. The minimum atomic E-state index is -0.246. The summed E-state index contributed by atoms with van der Waals surface area (Å²) in [7, 11) is 1.62. The van der Waals surface area contributed by atoms with Crippen LogP contribution in [-0.4, -0.2) is 22.8 Å². The van der Waals surface area contributed by atoms with Crippen LogP contribution in [0.25, 0.3) is 16.7 Å². The van der Waals surface area contributed by atoms with Gasteiger partial charge in [0.2, 0.25) is 0 Å². The minimum absolute atomic E-state index is 0.246. The van der Waals surface area contributed by atoms with Gasteiger partial charge in [-0.1, -0.05) is 18.2 Å². The van der Waals surface area contributed by atoms with E-state index in [-0.39, 0.29) is 5.91 Å². The first-order valence-corrected chi connectivity index (χ1v) is 9.45. The first kappa shape index (κ1) is 18.8. The van der Waals surface area contributed by atoms with Crippen LogP contribution in [0.4, 0.5) is 0 Å². The van der Waals surface area contributed by atoms with Crippen LogP contribution in [0, 0.1) is 20.8 Å². The molecule has 4 rings (SSSR count). The number of methoxy groups -OCH3 is 1. The van der Waals surface area contributed by atoms with Crippen molar-refractivity contribution in [3.05, 3.63) is 76.8 Å². The largest absolute Gasteiger partial charge is 0.497 e. The van der Waals surface area contributed by atoms with Crippen molar-refractivity contribution in [3.63, 3.8) is 0 Å². The molecule has 0 aliphatic carbocycles. The molecule has 0 atom stereocenters. The third kappa shape index (κ3) is 3.38. The Morgan fingerprint density at radius 2 is 1.90 bits per heavy atom. The fraction of sp³-hybridized carbons (Fsp3) is 0.217.